The number of amides is 1. The normalized spacial score (nSPS) is 19.2. The van der Waals surface area contributed by atoms with Gasteiger partial charge in [0.15, 0.2) is 0 Å². The maximum Gasteiger partial charge on any atom is 0.232 e. The van der Waals surface area contributed by atoms with Gasteiger partial charge in [-0.25, -0.2) is 8.42 Å². The molecule has 1 amide bonds. The second-order valence-electron chi connectivity index (χ2n) is 9.99. The molecule has 1 N–H and O–H groups in total. The summed E-state index contributed by atoms with van der Waals surface area (Å²) in [5, 5.41) is 3.23. The first-order valence-electron chi connectivity index (χ1n) is 12.3. The quantitative estimate of drug-likeness (QED) is 0.587. The molecule has 2 aliphatic rings. The van der Waals surface area contributed by atoms with E-state index >= 15 is 0 Å². The van der Waals surface area contributed by atoms with E-state index in [9.17, 15) is 13.2 Å². The van der Waals surface area contributed by atoms with Gasteiger partial charge in [0.2, 0.25) is 15.9 Å². The molecule has 1 unspecified atom stereocenters. The average molecular weight is 485 g/mol. The number of hydrogen-bond donors (Lipinski definition) is 1. The number of nitrogens with zero attached hydrogens (tertiary/aromatic N) is 1. The molecule has 34 heavy (non-hydrogen) atoms. The molecule has 1 aliphatic carbocycles. The van der Waals surface area contributed by atoms with E-state index in [1.54, 1.807) is 0 Å². The standard InChI is InChI=1S/C27H36N2O4S/c1-20-16-21(2)18-22(17-20)29(34(3,31)32)15-9-12-26(30)28-24-19-27(13-7-4-8-14-27)33-25-11-6-5-10-23(24)25/h5-6,10-11,16-18,24H,4,7-9,12-15,19H2,1-3H3,(H,28,30). The molecule has 1 atom stereocenters. The van der Waals surface area contributed by atoms with Crippen LogP contribution < -0.4 is 14.4 Å². The van der Waals surface area contributed by atoms with E-state index in [-0.39, 0.29) is 30.5 Å². The third-order valence-corrected chi connectivity index (χ3v) is 8.15. The number of fused-ring (bicyclic) bond motifs is 1. The van der Waals surface area contributed by atoms with Gasteiger partial charge in [0.05, 0.1) is 18.0 Å². The van der Waals surface area contributed by atoms with Gasteiger partial charge in [-0.2, -0.15) is 0 Å². The number of sulfonamides is 1. The maximum absolute atomic E-state index is 12.9. The number of ether oxygens (including phenoxy) is 1. The first-order valence-corrected chi connectivity index (χ1v) is 14.1. The van der Waals surface area contributed by atoms with Crippen molar-refractivity contribution < 1.29 is 17.9 Å². The molecule has 6 nitrogen and oxygen atoms in total. The van der Waals surface area contributed by atoms with Crippen molar-refractivity contribution in [3.8, 4) is 5.75 Å². The van der Waals surface area contributed by atoms with Crippen molar-refractivity contribution in [2.75, 3.05) is 17.1 Å². The van der Waals surface area contributed by atoms with Crippen LogP contribution >= 0.6 is 0 Å². The summed E-state index contributed by atoms with van der Waals surface area (Å²) in [6.07, 6.45) is 8.30. The third-order valence-electron chi connectivity index (χ3n) is 6.96. The van der Waals surface area contributed by atoms with E-state index < -0.39 is 10.0 Å². The van der Waals surface area contributed by atoms with Crippen LogP contribution in [0.2, 0.25) is 0 Å². The Morgan fingerprint density at radius 3 is 2.44 bits per heavy atom. The molecular weight excluding hydrogens is 448 g/mol. The molecule has 1 fully saturated rings. The Bertz CT molecular complexity index is 1120. The summed E-state index contributed by atoms with van der Waals surface area (Å²) in [6, 6.07) is 13.7. The Morgan fingerprint density at radius 2 is 1.76 bits per heavy atom. The third kappa shape index (κ3) is 5.74. The number of nitrogens with one attached hydrogen (secondary N) is 1. The SMILES string of the molecule is Cc1cc(C)cc(N(CCCC(=O)NC2CC3(CCCCC3)Oc3ccccc32)S(C)(=O)=O)c1. The number of rotatable bonds is 7. The van der Waals surface area contributed by atoms with Gasteiger partial charge in [0, 0.05) is 24.9 Å². The van der Waals surface area contributed by atoms with Crippen molar-refractivity contribution >= 4 is 21.6 Å². The minimum absolute atomic E-state index is 0.0541. The van der Waals surface area contributed by atoms with Crippen LogP contribution in [0, 0.1) is 13.8 Å². The molecule has 1 heterocycles. The van der Waals surface area contributed by atoms with Crippen LogP contribution in [0.25, 0.3) is 0 Å². The highest BCUT2D eigenvalue weighted by molar-refractivity contribution is 7.92. The maximum atomic E-state index is 12.9. The van der Waals surface area contributed by atoms with Gasteiger partial charge in [-0.1, -0.05) is 30.7 Å². The lowest BCUT2D eigenvalue weighted by Gasteiger charge is -2.44. The molecule has 1 saturated carbocycles. The van der Waals surface area contributed by atoms with E-state index in [1.165, 1.54) is 17.0 Å². The highest BCUT2D eigenvalue weighted by atomic mass is 32.2. The minimum Gasteiger partial charge on any atom is -0.487 e. The van der Waals surface area contributed by atoms with Crippen molar-refractivity contribution in [2.45, 2.75) is 76.9 Å². The highest BCUT2D eigenvalue weighted by Crippen LogP contribution is 2.46. The van der Waals surface area contributed by atoms with Gasteiger partial charge in [-0.05, 0) is 75.3 Å². The number of benzene rings is 2. The van der Waals surface area contributed by atoms with Crippen LogP contribution in [0.5, 0.6) is 5.75 Å². The van der Waals surface area contributed by atoms with Gasteiger partial charge in [-0.3, -0.25) is 9.10 Å². The lowest BCUT2D eigenvalue weighted by Crippen LogP contribution is -2.46. The fourth-order valence-corrected chi connectivity index (χ4v) is 6.43. The van der Waals surface area contributed by atoms with Crippen LogP contribution in [0.15, 0.2) is 42.5 Å². The van der Waals surface area contributed by atoms with Gasteiger partial charge in [-0.15, -0.1) is 0 Å². The van der Waals surface area contributed by atoms with Crippen LogP contribution in [0.4, 0.5) is 5.69 Å². The number of carbonyl (C=O) groups excluding carboxylic acids is 1. The van der Waals surface area contributed by atoms with E-state index in [0.717, 1.165) is 54.5 Å². The Morgan fingerprint density at radius 1 is 1.09 bits per heavy atom. The van der Waals surface area contributed by atoms with Crippen molar-refractivity contribution in [1.82, 2.24) is 5.32 Å². The number of carbonyl (C=O) groups is 1. The molecule has 2 aromatic carbocycles. The summed E-state index contributed by atoms with van der Waals surface area (Å²) < 4.78 is 32.8. The van der Waals surface area contributed by atoms with Crippen LogP contribution in [0.3, 0.4) is 0 Å². The summed E-state index contributed by atoms with van der Waals surface area (Å²) in [4.78, 5) is 12.9. The van der Waals surface area contributed by atoms with Gasteiger partial charge < -0.3 is 10.1 Å². The van der Waals surface area contributed by atoms with Gasteiger partial charge in [0.25, 0.3) is 0 Å². The Kier molecular flexibility index (Phi) is 7.22. The lowest BCUT2D eigenvalue weighted by molar-refractivity contribution is -0.122. The molecular formula is C27H36N2O4S. The molecule has 4 rings (SSSR count). The molecule has 1 aliphatic heterocycles. The van der Waals surface area contributed by atoms with Crippen LogP contribution in [0.1, 0.15) is 74.1 Å². The van der Waals surface area contributed by atoms with Crippen molar-refractivity contribution in [2.24, 2.45) is 0 Å². The van der Waals surface area contributed by atoms with E-state index in [1.807, 2.05) is 56.3 Å². The zero-order valence-corrected chi connectivity index (χ0v) is 21.3. The summed E-state index contributed by atoms with van der Waals surface area (Å²) in [5.41, 5.74) is 3.51. The Labute approximate surface area is 203 Å². The number of para-hydroxylation sites is 1. The van der Waals surface area contributed by atoms with Crippen LogP contribution in [-0.2, 0) is 14.8 Å². The highest BCUT2D eigenvalue weighted by Gasteiger charge is 2.42. The number of anilines is 1. The zero-order valence-electron chi connectivity index (χ0n) is 20.5. The summed E-state index contributed by atoms with van der Waals surface area (Å²) in [6.45, 7) is 4.17. The topological polar surface area (TPSA) is 75.7 Å². The molecule has 0 aromatic heterocycles. The smallest absolute Gasteiger partial charge is 0.232 e. The van der Waals surface area contributed by atoms with Gasteiger partial charge in [0.1, 0.15) is 11.4 Å². The molecule has 2 aromatic rings. The average Bonchev–Trinajstić information content (AvgIpc) is 2.75. The summed E-state index contributed by atoms with van der Waals surface area (Å²) >= 11 is 0. The Balaban J connectivity index is 1.42. The minimum atomic E-state index is -3.45. The van der Waals surface area contributed by atoms with E-state index in [0.29, 0.717) is 12.1 Å². The zero-order chi connectivity index (χ0) is 24.3. The second-order valence-corrected chi connectivity index (χ2v) is 11.9. The molecule has 0 radical (unpaired) electrons. The predicted molar refractivity (Wildman–Crippen MR) is 136 cm³/mol. The molecule has 0 bridgehead atoms. The largest absolute Gasteiger partial charge is 0.487 e. The van der Waals surface area contributed by atoms with E-state index in [2.05, 4.69) is 5.32 Å². The fraction of sp³-hybridized carbons (Fsp3) is 0.519. The predicted octanol–water partition coefficient (Wildman–Crippen LogP) is 5.19. The fourth-order valence-electron chi connectivity index (χ4n) is 5.48. The molecule has 7 heteroatoms. The first kappa shape index (κ1) is 24.6. The number of hydrogen-bond acceptors (Lipinski definition) is 4. The Hall–Kier alpha value is -2.54. The van der Waals surface area contributed by atoms with E-state index in [4.69, 9.17) is 4.74 Å². The molecule has 0 saturated heterocycles. The van der Waals surface area contributed by atoms with Gasteiger partial charge >= 0.3 is 0 Å². The summed E-state index contributed by atoms with van der Waals surface area (Å²) in [5.74, 6) is 0.820. The summed E-state index contributed by atoms with van der Waals surface area (Å²) in [7, 11) is -3.45. The van der Waals surface area contributed by atoms with Crippen molar-refractivity contribution in [1.29, 1.82) is 0 Å². The lowest BCUT2D eigenvalue weighted by atomic mass is 9.77. The number of aryl methyl sites for hydroxylation is 2. The van der Waals surface area contributed by atoms with Crippen molar-refractivity contribution in [3.05, 3.63) is 59.2 Å². The molecule has 1 spiro atoms. The van der Waals surface area contributed by atoms with Crippen molar-refractivity contribution in [3.63, 3.8) is 0 Å². The monoisotopic (exact) mass is 484 g/mol. The van der Waals surface area contributed by atoms with Crippen LogP contribution in [-0.4, -0.2) is 32.7 Å². The second kappa shape index (κ2) is 9.98. The molecule has 184 valence electrons. The first-order chi connectivity index (χ1) is 16.2.